The number of nitrogens with zero attached hydrogens (tertiary/aromatic N) is 2. The Hall–Kier alpha value is -1.36. The molecule has 5 nitrogen and oxygen atoms in total. The average Bonchev–Trinajstić information content (AvgIpc) is 2.83. The Morgan fingerprint density at radius 1 is 1.67 bits per heavy atom. The van der Waals surface area contributed by atoms with Crippen molar-refractivity contribution < 1.29 is 9.32 Å². The van der Waals surface area contributed by atoms with Crippen LogP contribution in [0.1, 0.15) is 42.4 Å². The van der Waals surface area contributed by atoms with E-state index in [4.69, 9.17) is 10.3 Å². The fourth-order valence-corrected chi connectivity index (χ4v) is 2.61. The maximum atomic E-state index is 12.3. The van der Waals surface area contributed by atoms with Crippen LogP contribution in [0.25, 0.3) is 0 Å². The van der Waals surface area contributed by atoms with Gasteiger partial charge in [-0.1, -0.05) is 18.5 Å². The Morgan fingerprint density at radius 3 is 3.00 bits per heavy atom. The van der Waals surface area contributed by atoms with Crippen LogP contribution in [0.2, 0.25) is 0 Å². The number of aromatic nitrogens is 1. The summed E-state index contributed by atoms with van der Waals surface area (Å²) in [7, 11) is 0. The highest BCUT2D eigenvalue weighted by Gasteiger charge is 2.31. The molecule has 0 aromatic carbocycles. The first-order chi connectivity index (χ1) is 8.65. The number of likely N-dealkylation sites (tertiary alicyclic amines) is 1. The molecule has 1 aliphatic heterocycles. The van der Waals surface area contributed by atoms with Gasteiger partial charge in [0.25, 0.3) is 5.91 Å². The van der Waals surface area contributed by atoms with E-state index < -0.39 is 0 Å². The molecule has 1 amide bonds. The number of carbonyl (C=O) groups is 1. The first-order valence-corrected chi connectivity index (χ1v) is 6.60. The lowest BCUT2D eigenvalue weighted by molar-refractivity contribution is 0.0548. The summed E-state index contributed by atoms with van der Waals surface area (Å²) in [5, 5.41) is 3.79. The molecular formula is C13H21N3O2. The van der Waals surface area contributed by atoms with Crippen LogP contribution < -0.4 is 5.73 Å². The Balaban J connectivity index is 2.10. The van der Waals surface area contributed by atoms with E-state index in [9.17, 15) is 4.79 Å². The summed E-state index contributed by atoms with van der Waals surface area (Å²) in [5.74, 6) is 1.28. The molecule has 0 radical (unpaired) electrons. The summed E-state index contributed by atoms with van der Waals surface area (Å²) in [6, 6.07) is 1.81. The molecule has 0 aliphatic carbocycles. The number of amides is 1. The lowest BCUT2D eigenvalue weighted by Crippen LogP contribution is -2.49. The van der Waals surface area contributed by atoms with Crippen molar-refractivity contribution in [2.24, 2.45) is 11.7 Å². The second-order valence-electron chi connectivity index (χ2n) is 5.01. The van der Waals surface area contributed by atoms with Crippen LogP contribution in [0, 0.1) is 12.8 Å². The van der Waals surface area contributed by atoms with Crippen LogP contribution in [-0.4, -0.2) is 35.1 Å². The van der Waals surface area contributed by atoms with Crippen LogP contribution in [0.4, 0.5) is 0 Å². The smallest absolute Gasteiger partial charge is 0.276 e. The van der Waals surface area contributed by atoms with Gasteiger partial charge in [-0.05, 0) is 25.7 Å². The maximum Gasteiger partial charge on any atom is 0.276 e. The molecule has 0 saturated carbocycles. The van der Waals surface area contributed by atoms with E-state index in [1.807, 2.05) is 4.90 Å². The van der Waals surface area contributed by atoms with Crippen molar-refractivity contribution in [2.45, 2.75) is 39.2 Å². The first kappa shape index (κ1) is 13.1. The van der Waals surface area contributed by atoms with Gasteiger partial charge in [-0.25, -0.2) is 0 Å². The molecule has 2 N–H and O–H groups in total. The summed E-state index contributed by atoms with van der Waals surface area (Å²) < 4.78 is 4.96. The topological polar surface area (TPSA) is 72.4 Å². The second kappa shape index (κ2) is 5.52. The van der Waals surface area contributed by atoms with Gasteiger partial charge in [-0.2, -0.15) is 0 Å². The lowest BCUT2D eigenvalue weighted by atomic mass is 9.88. The minimum Gasteiger partial charge on any atom is -0.361 e. The standard InChI is InChI=1S/C13H21N3O2/c1-3-10-4-5-16(11(7-10)8-14)13(17)12-6-9(2)18-15-12/h6,10-11H,3-5,7-8,14H2,1-2H3. The summed E-state index contributed by atoms with van der Waals surface area (Å²) in [5.41, 5.74) is 6.18. The second-order valence-corrected chi connectivity index (χ2v) is 5.01. The van der Waals surface area contributed by atoms with Crippen molar-refractivity contribution >= 4 is 5.91 Å². The number of piperidine rings is 1. The minimum atomic E-state index is -0.0585. The van der Waals surface area contributed by atoms with Crippen molar-refractivity contribution in [3.63, 3.8) is 0 Å². The van der Waals surface area contributed by atoms with Crippen molar-refractivity contribution in [1.29, 1.82) is 0 Å². The van der Waals surface area contributed by atoms with Gasteiger partial charge >= 0.3 is 0 Å². The molecule has 0 bridgehead atoms. The zero-order chi connectivity index (χ0) is 13.1. The summed E-state index contributed by atoms with van der Waals surface area (Å²) in [6.45, 7) is 5.26. The number of aryl methyl sites for hydroxylation is 1. The van der Waals surface area contributed by atoms with Gasteiger partial charge in [-0.15, -0.1) is 0 Å². The summed E-state index contributed by atoms with van der Waals surface area (Å²) in [6.07, 6.45) is 3.20. The number of carbonyl (C=O) groups excluding carboxylic acids is 1. The third kappa shape index (κ3) is 2.56. The van der Waals surface area contributed by atoms with Crippen LogP contribution in [-0.2, 0) is 0 Å². The van der Waals surface area contributed by atoms with E-state index >= 15 is 0 Å². The summed E-state index contributed by atoms with van der Waals surface area (Å²) in [4.78, 5) is 14.2. The predicted octanol–water partition coefficient (Wildman–Crippen LogP) is 1.57. The molecule has 0 spiro atoms. The quantitative estimate of drug-likeness (QED) is 0.885. The Kier molecular flexibility index (Phi) is 4.01. The Labute approximate surface area is 107 Å². The molecule has 18 heavy (non-hydrogen) atoms. The van der Waals surface area contributed by atoms with E-state index in [1.54, 1.807) is 13.0 Å². The van der Waals surface area contributed by atoms with E-state index in [2.05, 4.69) is 12.1 Å². The number of nitrogens with two attached hydrogens (primary N) is 1. The molecule has 1 aromatic heterocycles. The minimum absolute atomic E-state index is 0.0585. The molecule has 1 aliphatic rings. The normalized spacial score (nSPS) is 24.3. The van der Waals surface area contributed by atoms with Gasteiger partial charge in [0.1, 0.15) is 5.76 Å². The van der Waals surface area contributed by atoms with Gasteiger partial charge in [0, 0.05) is 25.2 Å². The monoisotopic (exact) mass is 251 g/mol. The third-order valence-electron chi connectivity index (χ3n) is 3.78. The third-order valence-corrected chi connectivity index (χ3v) is 3.78. The van der Waals surface area contributed by atoms with E-state index in [-0.39, 0.29) is 11.9 Å². The van der Waals surface area contributed by atoms with Gasteiger partial charge in [0.05, 0.1) is 0 Å². The Bertz CT molecular complexity index is 416. The Morgan fingerprint density at radius 2 is 2.44 bits per heavy atom. The molecule has 1 fully saturated rings. The van der Waals surface area contributed by atoms with Crippen molar-refractivity contribution in [3.05, 3.63) is 17.5 Å². The number of hydrogen-bond donors (Lipinski definition) is 1. The highest BCUT2D eigenvalue weighted by Crippen LogP contribution is 2.26. The van der Waals surface area contributed by atoms with Gasteiger partial charge in [-0.3, -0.25) is 4.79 Å². The lowest BCUT2D eigenvalue weighted by Gasteiger charge is -2.38. The van der Waals surface area contributed by atoms with Gasteiger partial charge in [0.15, 0.2) is 5.69 Å². The maximum absolute atomic E-state index is 12.3. The molecule has 2 unspecified atom stereocenters. The molecule has 1 saturated heterocycles. The van der Waals surface area contributed by atoms with Crippen LogP contribution >= 0.6 is 0 Å². The highest BCUT2D eigenvalue weighted by atomic mass is 16.5. The van der Waals surface area contributed by atoms with Crippen molar-refractivity contribution in [1.82, 2.24) is 10.1 Å². The van der Waals surface area contributed by atoms with Gasteiger partial charge < -0.3 is 15.2 Å². The molecule has 2 rings (SSSR count). The average molecular weight is 251 g/mol. The fourth-order valence-electron chi connectivity index (χ4n) is 2.61. The van der Waals surface area contributed by atoms with Crippen molar-refractivity contribution in [3.8, 4) is 0 Å². The van der Waals surface area contributed by atoms with Gasteiger partial charge in [0.2, 0.25) is 0 Å². The molecule has 5 heteroatoms. The molecular weight excluding hydrogens is 230 g/mol. The fraction of sp³-hybridized carbons (Fsp3) is 0.692. The van der Waals surface area contributed by atoms with Crippen LogP contribution in [0.5, 0.6) is 0 Å². The molecule has 100 valence electrons. The van der Waals surface area contributed by atoms with Crippen LogP contribution in [0.15, 0.2) is 10.6 Å². The molecule has 1 aromatic rings. The number of hydrogen-bond acceptors (Lipinski definition) is 4. The highest BCUT2D eigenvalue weighted by molar-refractivity contribution is 5.92. The zero-order valence-electron chi connectivity index (χ0n) is 11.1. The molecule has 2 atom stereocenters. The molecule has 2 heterocycles. The first-order valence-electron chi connectivity index (χ1n) is 6.60. The van der Waals surface area contributed by atoms with E-state index in [0.717, 1.165) is 25.8 Å². The van der Waals surface area contributed by atoms with E-state index in [1.165, 1.54) is 0 Å². The SMILES string of the molecule is CCC1CCN(C(=O)c2cc(C)on2)C(CN)C1. The van der Waals surface area contributed by atoms with Crippen molar-refractivity contribution in [2.75, 3.05) is 13.1 Å². The predicted molar refractivity (Wildman–Crippen MR) is 68.1 cm³/mol. The zero-order valence-corrected chi connectivity index (χ0v) is 11.1. The number of rotatable bonds is 3. The largest absolute Gasteiger partial charge is 0.361 e. The van der Waals surface area contributed by atoms with Crippen LogP contribution in [0.3, 0.4) is 0 Å². The van der Waals surface area contributed by atoms with E-state index in [0.29, 0.717) is 23.9 Å². The summed E-state index contributed by atoms with van der Waals surface area (Å²) >= 11 is 0.